The van der Waals surface area contributed by atoms with E-state index in [1.807, 2.05) is 65.6 Å². The van der Waals surface area contributed by atoms with Gasteiger partial charge in [0.15, 0.2) is 11.5 Å². The molecule has 0 saturated heterocycles. The number of carbonyl (C=O) groups excluding carboxylic acids is 1. The molecule has 146 valence electrons. The van der Waals surface area contributed by atoms with E-state index in [1.54, 1.807) is 0 Å². The summed E-state index contributed by atoms with van der Waals surface area (Å²) >= 11 is 0. The Morgan fingerprint density at radius 2 is 1.66 bits per heavy atom. The molecule has 5 nitrogen and oxygen atoms in total. The van der Waals surface area contributed by atoms with Gasteiger partial charge in [0, 0.05) is 12.2 Å². The van der Waals surface area contributed by atoms with Crippen molar-refractivity contribution in [3.8, 4) is 11.5 Å². The van der Waals surface area contributed by atoms with Gasteiger partial charge in [-0.05, 0) is 41.8 Å². The summed E-state index contributed by atoms with van der Waals surface area (Å²) < 4.78 is 11.4. The monoisotopic (exact) mass is 386 g/mol. The minimum absolute atomic E-state index is 0.0372. The molecule has 0 saturated carbocycles. The van der Waals surface area contributed by atoms with Crippen LogP contribution in [0.5, 0.6) is 11.5 Å². The van der Waals surface area contributed by atoms with Crippen LogP contribution in [-0.2, 0) is 6.42 Å². The lowest BCUT2D eigenvalue weighted by Crippen LogP contribution is -2.44. The molecule has 1 amide bonds. The summed E-state index contributed by atoms with van der Waals surface area (Å²) in [5, 5.41) is 3.55. The van der Waals surface area contributed by atoms with Gasteiger partial charge in [-0.1, -0.05) is 48.5 Å². The maximum Gasteiger partial charge on any atom is 0.257 e. The van der Waals surface area contributed by atoms with Crippen LogP contribution in [0, 0.1) is 0 Å². The van der Waals surface area contributed by atoms with Crippen LogP contribution in [0.25, 0.3) is 0 Å². The van der Waals surface area contributed by atoms with Crippen LogP contribution in [0.3, 0.4) is 0 Å². The van der Waals surface area contributed by atoms with Gasteiger partial charge < -0.3 is 19.7 Å². The molecule has 0 aliphatic carbocycles. The summed E-state index contributed by atoms with van der Waals surface area (Å²) in [5.41, 5.74) is 3.74. The molecule has 2 heterocycles. The Labute approximate surface area is 169 Å². The van der Waals surface area contributed by atoms with Crippen LogP contribution in [0.2, 0.25) is 0 Å². The molecule has 1 N–H and O–H groups in total. The number of hydrogen-bond donors (Lipinski definition) is 1. The lowest BCUT2D eigenvalue weighted by molar-refractivity contribution is 0.0685. The van der Waals surface area contributed by atoms with Crippen LogP contribution >= 0.6 is 0 Å². The molecule has 3 aromatic carbocycles. The molecule has 0 spiro atoms. The second kappa shape index (κ2) is 7.51. The summed E-state index contributed by atoms with van der Waals surface area (Å²) in [5.74, 6) is 1.51. The molecule has 2 aliphatic heterocycles. The highest BCUT2D eigenvalue weighted by Gasteiger charge is 2.33. The highest BCUT2D eigenvalue weighted by Crippen LogP contribution is 2.37. The normalized spacial score (nSPS) is 17.4. The van der Waals surface area contributed by atoms with Crippen molar-refractivity contribution in [3.05, 3.63) is 89.5 Å². The van der Waals surface area contributed by atoms with Crippen molar-refractivity contribution in [3.63, 3.8) is 0 Å². The fourth-order valence-electron chi connectivity index (χ4n) is 3.91. The molecule has 3 aromatic rings. The zero-order valence-electron chi connectivity index (χ0n) is 16.0. The van der Waals surface area contributed by atoms with Crippen LogP contribution < -0.4 is 14.8 Å². The Morgan fingerprint density at radius 3 is 2.52 bits per heavy atom. The molecule has 1 atom stereocenters. The van der Waals surface area contributed by atoms with Gasteiger partial charge in [-0.2, -0.15) is 0 Å². The minimum atomic E-state index is -0.267. The molecule has 0 fully saturated rings. The van der Waals surface area contributed by atoms with E-state index in [0.29, 0.717) is 25.3 Å². The molecule has 0 radical (unpaired) electrons. The van der Waals surface area contributed by atoms with Gasteiger partial charge in [0.1, 0.15) is 19.4 Å². The summed E-state index contributed by atoms with van der Waals surface area (Å²) in [7, 11) is 0. The highest BCUT2D eigenvalue weighted by atomic mass is 16.6. The summed E-state index contributed by atoms with van der Waals surface area (Å²) in [6, 6.07) is 23.8. The Balaban J connectivity index is 1.49. The largest absolute Gasteiger partial charge is 0.486 e. The first-order valence-corrected chi connectivity index (χ1v) is 9.89. The number of fused-ring (bicyclic) bond motifs is 2. The number of nitrogens with zero attached hydrogens (tertiary/aromatic N) is 1. The highest BCUT2D eigenvalue weighted by molar-refractivity contribution is 6.01. The SMILES string of the molecule is O=C1c2ccccc2NC(c2ccc3c(c2)OCCO3)N1CCc1ccccc1. The standard InChI is InChI=1S/C24H22N2O3/c27-24-19-8-4-5-9-20(19)25-23(26(24)13-12-17-6-2-1-3-7-17)18-10-11-21-22(16-18)29-15-14-28-21/h1-11,16,23,25H,12-15H2. The van der Waals surface area contributed by atoms with Gasteiger partial charge in [-0.3, -0.25) is 4.79 Å². The first-order valence-electron chi connectivity index (χ1n) is 9.89. The zero-order valence-corrected chi connectivity index (χ0v) is 16.0. The van der Waals surface area contributed by atoms with Crippen molar-refractivity contribution in [2.75, 3.05) is 25.1 Å². The molecular weight excluding hydrogens is 364 g/mol. The minimum Gasteiger partial charge on any atom is -0.486 e. The maximum atomic E-state index is 13.3. The molecule has 5 rings (SSSR count). The molecule has 0 aromatic heterocycles. The molecule has 5 heteroatoms. The third-order valence-electron chi connectivity index (χ3n) is 5.39. The third kappa shape index (κ3) is 3.40. The number of anilines is 1. The topological polar surface area (TPSA) is 50.8 Å². The lowest BCUT2D eigenvalue weighted by Gasteiger charge is -2.38. The van der Waals surface area contributed by atoms with E-state index in [9.17, 15) is 4.79 Å². The van der Waals surface area contributed by atoms with Gasteiger partial charge in [0.05, 0.1) is 5.56 Å². The quantitative estimate of drug-likeness (QED) is 0.728. The summed E-state index contributed by atoms with van der Waals surface area (Å²) in [6.07, 6.45) is 0.522. The van der Waals surface area contributed by atoms with E-state index >= 15 is 0 Å². The molecular formula is C24H22N2O3. The van der Waals surface area contributed by atoms with E-state index in [2.05, 4.69) is 17.4 Å². The van der Waals surface area contributed by atoms with Gasteiger partial charge in [-0.15, -0.1) is 0 Å². The number of benzene rings is 3. The van der Waals surface area contributed by atoms with Crippen molar-refractivity contribution < 1.29 is 14.3 Å². The number of ether oxygens (including phenoxy) is 2. The average molecular weight is 386 g/mol. The van der Waals surface area contributed by atoms with E-state index < -0.39 is 0 Å². The average Bonchev–Trinajstić information content (AvgIpc) is 2.79. The molecule has 29 heavy (non-hydrogen) atoms. The predicted molar refractivity (Wildman–Crippen MR) is 111 cm³/mol. The van der Waals surface area contributed by atoms with Gasteiger partial charge in [0.25, 0.3) is 5.91 Å². The lowest BCUT2D eigenvalue weighted by atomic mass is 10.0. The first kappa shape index (κ1) is 17.6. The van der Waals surface area contributed by atoms with Crippen molar-refractivity contribution >= 4 is 11.6 Å². The van der Waals surface area contributed by atoms with Crippen LogP contribution in [0.4, 0.5) is 5.69 Å². The number of nitrogens with one attached hydrogen (secondary N) is 1. The fourth-order valence-corrected chi connectivity index (χ4v) is 3.91. The maximum absolute atomic E-state index is 13.3. The fraction of sp³-hybridized carbons (Fsp3) is 0.208. The van der Waals surface area contributed by atoms with Gasteiger partial charge >= 0.3 is 0 Å². The van der Waals surface area contributed by atoms with E-state index in [-0.39, 0.29) is 12.1 Å². The number of para-hydroxylation sites is 1. The zero-order chi connectivity index (χ0) is 19.6. The molecule has 2 aliphatic rings. The van der Waals surface area contributed by atoms with Gasteiger partial charge in [0.2, 0.25) is 0 Å². The number of carbonyl (C=O) groups is 1. The summed E-state index contributed by atoms with van der Waals surface area (Å²) in [6.45, 7) is 1.71. The van der Waals surface area contributed by atoms with E-state index in [1.165, 1.54) is 5.56 Å². The smallest absolute Gasteiger partial charge is 0.257 e. The van der Waals surface area contributed by atoms with Crippen molar-refractivity contribution in [1.82, 2.24) is 4.90 Å². The Bertz CT molecular complexity index is 1040. The Hall–Kier alpha value is -3.47. The Kier molecular flexibility index (Phi) is 4.56. The van der Waals surface area contributed by atoms with Gasteiger partial charge in [-0.25, -0.2) is 0 Å². The van der Waals surface area contributed by atoms with Crippen molar-refractivity contribution in [2.45, 2.75) is 12.6 Å². The van der Waals surface area contributed by atoms with Crippen molar-refractivity contribution in [1.29, 1.82) is 0 Å². The van der Waals surface area contributed by atoms with Crippen LogP contribution in [-0.4, -0.2) is 30.6 Å². The number of rotatable bonds is 4. The second-order valence-corrected chi connectivity index (χ2v) is 7.23. The first-order chi connectivity index (χ1) is 14.3. The van der Waals surface area contributed by atoms with Crippen LogP contribution in [0.1, 0.15) is 27.7 Å². The molecule has 1 unspecified atom stereocenters. The van der Waals surface area contributed by atoms with Crippen molar-refractivity contribution in [2.24, 2.45) is 0 Å². The van der Waals surface area contributed by atoms with E-state index in [4.69, 9.17) is 9.47 Å². The number of hydrogen-bond acceptors (Lipinski definition) is 4. The van der Waals surface area contributed by atoms with Crippen LogP contribution in [0.15, 0.2) is 72.8 Å². The third-order valence-corrected chi connectivity index (χ3v) is 5.39. The van der Waals surface area contributed by atoms with E-state index in [0.717, 1.165) is 29.2 Å². The molecule has 0 bridgehead atoms. The summed E-state index contributed by atoms with van der Waals surface area (Å²) in [4.78, 5) is 15.2. The number of amides is 1. The Morgan fingerprint density at radius 1 is 0.897 bits per heavy atom. The predicted octanol–water partition coefficient (Wildman–Crippen LogP) is 4.27. The second-order valence-electron chi connectivity index (χ2n) is 7.23.